The van der Waals surface area contributed by atoms with Crippen LogP contribution in [0.15, 0.2) is 0 Å². The first-order valence-corrected chi connectivity index (χ1v) is 5.18. The summed E-state index contributed by atoms with van der Waals surface area (Å²) >= 11 is 0. The van der Waals surface area contributed by atoms with Crippen molar-refractivity contribution >= 4 is 11.8 Å². The number of hydrogen-bond donors (Lipinski definition) is 1. The Kier molecular flexibility index (Phi) is 4.08. The molecule has 1 fully saturated rings. The van der Waals surface area contributed by atoms with Crippen molar-refractivity contribution in [3.8, 4) is 0 Å². The minimum absolute atomic E-state index is 0.0267. The van der Waals surface area contributed by atoms with Crippen molar-refractivity contribution < 1.29 is 9.59 Å². The minimum Gasteiger partial charge on any atom is -0.359 e. The molecule has 15 heavy (non-hydrogen) atoms. The molecule has 0 aromatic rings. The standard InChI is InChI=1S/C10H19N3O2/c1-11-10(15)8-4-5-13(6-8)9(14)7-12(2)3/h8H,4-7H2,1-3H3,(H,11,15). The van der Waals surface area contributed by atoms with Crippen molar-refractivity contribution in [3.05, 3.63) is 0 Å². The Morgan fingerprint density at radius 2 is 2.13 bits per heavy atom. The molecule has 5 heteroatoms. The normalized spacial score (nSPS) is 20.8. The molecule has 1 rings (SSSR count). The predicted molar refractivity (Wildman–Crippen MR) is 57.3 cm³/mol. The van der Waals surface area contributed by atoms with Gasteiger partial charge >= 0.3 is 0 Å². The first kappa shape index (κ1) is 12.0. The lowest BCUT2D eigenvalue weighted by Gasteiger charge is -2.18. The Morgan fingerprint density at radius 1 is 1.47 bits per heavy atom. The number of hydrogen-bond acceptors (Lipinski definition) is 3. The largest absolute Gasteiger partial charge is 0.359 e. The maximum absolute atomic E-state index is 11.7. The van der Waals surface area contributed by atoms with E-state index in [-0.39, 0.29) is 17.7 Å². The summed E-state index contributed by atoms with van der Waals surface area (Å²) in [6.45, 7) is 1.68. The summed E-state index contributed by atoms with van der Waals surface area (Å²) in [5, 5.41) is 2.62. The predicted octanol–water partition coefficient (Wildman–Crippen LogP) is -0.857. The first-order chi connectivity index (χ1) is 7.04. The molecular formula is C10H19N3O2. The van der Waals surface area contributed by atoms with E-state index in [1.807, 2.05) is 19.0 Å². The number of likely N-dealkylation sites (N-methyl/N-ethyl adjacent to an activating group) is 1. The minimum atomic E-state index is -0.0267. The van der Waals surface area contributed by atoms with E-state index in [0.29, 0.717) is 19.6 Å². The smallest absolute Gasteiger partial charge is 0.236 e. The van der Waals surface area contributed by atoms with E-state index in [9.17, 15) is 9.59 Å². The second kappa shape index (κ2) is 5.11. The van der Waals surface area contributed by atoms with E-state index in [1.165, 1.54) is 0 Å². The third-order valence-corrected chi connectivity index (χ3v) is 2.61. The van der Waals surface area contributed by atoms with Crippen molar-refractivity contribution in [1.82, 2.24) is 15.1 Å². The highest BCUT2D eigenvalue weighted by Crippen LogP contribution is 2.16. The zero-order valence-corrected chi connectivity index (χ0v) is 9.62. The van der Waals surface area contributed by atoms with Crippen LogP contribution in [0.3, 0.4) is 0 Å². The molecule has 0 radical (unpaired) electrons. The SMILES string of the molecule is CNC(=O)C1CCN(C(=O)CN(C)C)C1. The topological polar surface area (TPSA) is 52.7 Å². The molecule has 1 unspecified atom stereocenters. The molecule has 1 atom stereocenters. The highest BCUT2D eigenvalue weighted by Gasteiger charge is 2.30. The number of likely N-dealkylation sites (tertiary alicyclic amines) is 1. The van der Waals surface area contributed by atoms with Gasteiger partial charge in [0.1, 0.15) is 0 Å². The third-order valence-electron chi connectivity index (χ3n) is 2.61. The van der Waals surface area contributed by atoms with E-state index in [2.05, 4.69) is 5.32 Å². The Hall–Kier alpha value is -1.10. The number of carbonyl (C=O) groups excluding carboxylic acids is 2. The van der Waals surface area contributed by atoms with E-state index in [1.54, 1.807) is 11.9 Å². The summed E-state index contributed by atoms with van der Waals surface area (Å²) in [6.07, 6.45) is 0.777. The van der Waals surface area contributed by atoms with Crippen LogP contribution in [0.4, 0.5) is 0 Å². The monoisotopic (exact) mass is 213 g/mol. The van der Waals surface area contributed by atoms with Crippen LogP contribution in [-0.4, -0.2) is 62.4 Å². The summed E-state index contributed by atoms with van der Waals surface area (Å²) in [7, 11) is 5.36. The van der Waals surface area contributed by atoms with Crippen LogP contribution in [0, 0.1) is 5.92 Å². The quantitative estimate of drug-likeness (QED) is 0.664. The van der Waals surface area contributed by atoms with E-state index < -0.39 is 0 Å². The van der Waals surface area contributed by atoms with E-state index >= 15 is 0 Å². The molecule has 1 aliphatic heterocycles. The molecule has 1 heterocycles. The van der Waals surface area contributed by atoms with Crippen molar-refractivity contribution in [2.45, 2.75) is 6.42 Å². The zero-order valence-electron chi connectivity index (χ0n) is 9.62. The second-order valence-corrected chi connectivity index (χ2v) is 4.18. The summed E-state index contributed by atoms with van der Waals surface area (Å²) in [5.41, 5.74) is 0. The summed E-state index contributed by atoms with van der Waals surface area (Å²) < 4.78 is 0. The van der Waals surface area contributed by atoms with Gasteiger partial charge in [0.25, 0.3) is 0 Å². The molecule has 0 saturated carbocycles. The van der Waals surface area contributed by atoms with Gasteiger partial charge in [0.15, 0.2) is 0 Å². The maximum Gasteiger partial charge on any atom is 0.236 e. The van der Waals surface area contributed by atoms with Crippen LogP contribution in [0.5, 0.6) is 0 Å². The molecule has 0 spiro atoms. The summed E-state index contributed by atoms with van der Waals surface area (Å²) in [4.78, 5) is 26.6. The van der Waals surface area contributed by atoms with Crippen LogP contribution >= 0.6 is 0 Å². The lowest BCUT2D eigenvalue weighted by molar-refractivity contribution is -0.131. The van der Waals surface area contributed by atoms with Gasteiger partial charge in [-0.15, -0.1) is 0 Å². The Balaban J connectivity index is 2.42. The van der Waals surface area contributed by atoms with Crippen LogP contribution in [-0.2, 0) is 9.59 Å². The van der Waals surface area contributed by atoms with Gasteiger partial charge in [0, 0.05) is 20.1 Å². The van der Waals surface area contributed by atoms with Gasteiger partial charge in [0.2, 0.25) is 11.8 Å². The Bertz CT molecular complexity index is 253. The molecule has 0 aromatic heterocycles. The first-order valence-electron chi connectivity index (χ1n) is 5.18. The molecule has 1 N–H and O–H groups in total. The Labute approximate surface area is 90.4 Å². The number of carbonyl (C=O) groups is 2. The van der Waals surface area contributed by atoms with Crippen LogP contribution in [0.2, 0.25) is 0 Å². The fourth-order valence-electron chi connectivity index (χ4n) is 1.78. The van der Waals surface area contributed by atoms with Crippen molar-refractivity contribution in [2.75, 3.05) is 40.8 Å². The van der Waals surface area contributed by atoms with Crippen molar-refractivity contribution in [1.29, 1.82) is 0 Å². The number of rotatable bonds is 3. The van der Waals surface area contributed by atoms with Gasteiger partial charge in [0.05, 0.1) is 12.5 Å². The average molecular weight is 213 g/mol. The van der Waals surface area contributed by atoms with Gasteiger partial charge in [-0.2, -0.15) is 0 Å². The van der Waals surface area contributed by atoms with E-state index in [0.717, 1.165) is 6.42 Å². The van der Waals surface area contributed by atoms with E-state index in [4.69, 9.17) is 0 Å². The molecule has 1 saturated heterocycles. The fourth-order valence-corrected chi connectivity index (χ4v) is 1.78. The molecule has 0 aliphatic carbocycles. The molecule has 5 nitrogen and oxygen atoms in total. The van der Waals surface area contributed by atoms with Gasteiger partial charge in [-0.05, 0) is 20.5 Å². The van der Waals surface area contributed by atoms with Crippen molar-refractivity contribution in [2.24, 2.45) is 5.92 Å². The highest BCUT2D eigenvalue weighted by molar-refractivity contribution is 5.82. The molecule has 86 valence electrons. The zero-order chi connectivity index (χ0) is 11.4. The molecule has 0 aromatic carbocycles. The number of nitrogens with one attached hydrogen (secondary N) is 1. The van der Waals surface area contributed by atoms with Gasteiger partial charge < -0.3 is 15.1 Å². The lowest BCUT2D eigenvalue weighted by Crippen LogP contribution is -2.37. The molecular weight excluding hydrogens is 194 g/mol. The molecule has 2 amide bonds. The fraction of sp³-hybridized carbons (Fsp3) is 0.800. The molecule has 1 aliphatic rings. The second-order valence-electron chi connectivity index (χ2n) is 4.18. The number of nitrogens with zero attached hydrogens (tertiary/aromatic N) is 2. The van der Waals surface area contributed by atoms with Crippen LogP contribution < -0.4 is 5.32 Å². The summed E-state index contributed by atoms with van der Waals surface area (Å²) in [6, 6.07) is 0. The summed E-state index contributed by atoms with van der Waals surface area (Å²) in [5.74, 6) is 0.114. The van der Waals surface area contributed by atoms with Crippen molar-refractivity contribution in [3.63, 3.8) is 0 Å². The van der Waals surface area contributed by atoms with Gasteiger partial charge in [-0.1, -0.05) is 0 Å². The maximum atomic E-state index is 11.7. The van der Waals surface area contributed by atoms with Gasteiger partial charge in [-0.25, -0.2) is 0 Å². The lowest BCUT2D eigenvalue weighted by atomic mass is 10.1. The van der Waals surface area contributed by atoms with Gasteiger partial charge in [-0.3, -0.25) is 9.59 Å². The average Bonchev–Trinajstić information content (AvgIpc) is 2.64. The van der Waals surface area contributed by atoms with Crippen LogP contribution in [0.1, 0.15) is 6.42 Å². The molecule has 0 bridgehead atoms. The highest BCUT2D eigenvalue weighted by atomic mass is 16.2. The third kappa shape index (κ3) is 3.20. The van der Waals surface area contributed by atoms with Crippen LogP contribution in [0.25, 0.3) is 0 Å². The number of amides is 2. The Morgan fingerprint density at radius 3 is 2.67 bits per heavy atom.